The molecule has 0 heterocycles. The van der Waals surface area contributed by atoms with Crippen LogP contribution in [0.15, 0.2) is 60.7 Å². The maximum atomic E-state index is 13.4. The molecule has 0 radical (unpaired) electrons. The van der Waals surface area contributed by atoms with Crippen molar-refractivity contribution in [3.05, 3.63) is 71.8 Å². The highest BCUT2D eigenvalue weighted by atomic mass is 16.5. The standard InChI is InChI=1S/C33H50N4O7/c1-32(2,3)28(36-30(41)44-7)29(40)35-24(18-22-14-10-8-11-15-22)26(38)20-34-21-27(39)25(19-23-16-12-9-13-17-23)37(31(42)43)33(4,5)6/h8-17,24-28,34,38-39H,18-21H2,1-7H3,(H,35,40)(H,36,41)(H,42,43)/p-1/t24-,25-,26+,27+,28+/m0/s1. The van der Waals surface area contributed by atoms with E-state index in [1.807, 2.05) is 60.7 Å². The second-order valence-electron chi connectivity index (χ2n) is 13.1. The van der Waals surface area contributed by atoms with Crippen molar-refractivity contribution in [2.45, 2.75) is 90.3 Å². The number of alkyl carbamates (subject to hydrolysis) is 1. The Bertz CT molecular complexity index is 1180. The number of methoxy groups -OCH3 is 1. The third-order valence-electron chi connectivity index (χ3n) is 7.36. The lowest BCUT2D eigenvalue weighted by atomic mass is 9.85. The molecule has 2 aromatic rings. The number of hydrogen-bond acceptors (Lipinski definition) is 8. The molecule has 2 rings (SSSR count). The van der Waals surface area contributed by atoms with Crippen LogP contribution >= 0.6 is 0 Å². The third-order valence-corrected chi connectivity index (χ3v) is 7.36. The quantitative estimate of drug-likeness (QED) is 0.216. The van der Waals surface area contributed by atoms with Gasteiger partial charge in [-0.2, -0.15) is 0 Å². The van der Waals surface area contributed by atoms with E-state index in [1.54, 1.807) is 41.5 Å². The maximum Gasteiger partial charge on any atom is 0.407 e. The van der Waals surface area contributed by atoms with Crippen LogP contribution in [0.2, 0.25) is 0 Å². The monoisotopic (exact) mass is 613 g/mol. The Kier molecular flexibility index (Phi) is 13.6. The lowest BCUT2D eigenvalue weighted by molar-refractivity contribution is -0.275. The number of carbonyl (C=O) groups excluding carboxylic acids is 3. The van der Waals surface area contributed by atoms with Crippen LogP contribution in [-0.2, 0) is 22.4 Å². The number of carboxylic acid groups (broad SMARTS) is 1. The van der Waals surface area contributed by atoms with E-state index in [0.29, 0.717) is 6.42 Å². The average Bonchev–Trinajstić information content (AvgIpc) is 2.94. The van der Waals surface area contributed by atoms with E-state index in [1.165, 1.54) is 7.11 Å². The van der Waals surface area contributed by atoms with E-state index in [4.69, 9.17) is 4.74 Å². The molecule has 0 spiro atoms. The number of aliphatic hydroxyl groups excluding tert-OH is 2. The number of nitrogens with zero attached hydrogens (tertiary/aromatic N) is 1. The first-order valence-corrected chi connectivity index (χ1v) is 14.8. The lowest BCUT2D eigenvalue weighted by Gasteiger charge is -2.45. The summed E-state index contributed by atoms with van der Waals surface area (Å²) in [7, 11) is 1.22. The molecule has 5 N–H and O–H groups in total. The fourth-order valence-corrected chi connectivity index (χ4v) is 5.09. The van der Waals surface area contributed by atoms with Gasteiger partial charge in [-0.15, -0.1) is 0 Å². The van der Waals surface area contributed by atoms with Crippen LogP contribution in [0.1, 0.15) is 52.7 Å². The highest BCUT2D eigenvalue weighted by molar-refractivity contribution is 5.86. The molecular weight excluding hydrogens is 564 g/mol. The van der Waals surface area contributed by atoms with Crippen molar-refractivity contribution >= 4 is 18.1 Å². The zero-order valence-corrected chi connectivity index (χ0v) is 26.9. The predicted octanol–water partition coefficient (Wildman–Crippen LogP) is 1.85. The fourth-order valence-electron chi connectivity index (χ4n) is 5.09. The number of nitrogens with one attached hydrogen (secondary N) is 3. The minimum atomic E-state index is -1.39. The van der Waals surface area contributed by atoms with Gasteiger partial charge in [0.2, 0.25) is 5.91 Å². The van der Waals surface area contributed by atoms with Gasteiger partial charge in [-0.25, -0.2) is 4.79 Å². The van der Waals surface area contributed by atoms with E-state index in [0.717, 1.165) is 16.0 Å². The number of carbonyl (C=O) groups is 3. The van der Waals surface area contributed by atoms with Crippen molar-refractivity contribution in [1.29, 1.82) is 0 Å². The summed E-state index contributed by atoms with van der Waals surface area (Å²) < 4.78 is 4.70. The van der Waals surface area contributed by atoms with Crippen molar-refractivity contribution in [3.8, 4) is 0 Å². The van der Waals surface area contributed by atoms with Gasteiger partial charge in [0.05, 0.1) is 31.4 Å². The molecule has 44 heavy (non-hydrogen) atoms. The van der Waals surface area contributed by atoms with Gasteiger partial charge < -0.3 is 45.7 Å². The Morgan fingerprint density at radius 3 is 1.77 bits per heavy atom. The normalized spacial score (nSPS) is 15.3. The second kappa shape index (κ2) is 16.4. The predicted molar refractivity (Wildman–Crippen MR) is 167 cm³/mol. The fraction of sp³-hybridized carbons (Fsp3) is 0.545. The number of aliphatic hydroxyl groups is 2. The number of rotatable bonds is 14. The van der Waals surface area contributed by atoms with E-state index < -0.39 is 59.4 Å². The molecule has 2 aromatic carbocycles. The molecule has 0 aliphatic rings. The number of ether oxygens (including phenoxy) is 1. The molecule has 0 saturated heterocycles. The van der Waals surface area contributed by atoms with Gasteiger partial charge in [-0.05, 0) is 50.2 Å². The SMILES string of the molecule is COC(=O)N[C@H](C(=O)N[C@@H](Cc1ccccc1)[C@H](O)CNC[C@@H](O)[C@H](Cc1ccccc1)N(C(=O)[O-])C(C)(C)C)C(C)(C)C. The summed E-state index contributed by atoms with van der Waals surface area (Å²) in [6.45, 7) is 10.6. The summed E-state index contributed by atoms with van der Waals surface area (Å²) in [4.78, 5) is 38.7. The Morgan fingerprint density at radius 2 is 1.32 bits per heavy atom. The van der Waals surface area contributed by atoms with E-state index in [2.05, 4.69) is 16.0 Å². The van der Waals surface area contributed by atoms with Crippen LogP contribution in [0, 0.1) is 5.41 Å². The molecular formula is C33H49N4O7-. The van der Waals surface area contributed by atoms with Gasteiger partial charge in [0.15, 0.2) is 0 Å². The highest BCUT2D eigenvalue weighted by Crippen LogP contribution is 2.23. The van der Waals surface area contributed by atoms with Crippen molar-refractivity contribution in [2.75, 3.05) is 20.2 Å². The summed E-state index contributed by atoms with van der Waals surface area (Å²) in [6, 6.07) is 16.1. The summed E-state index contributed by atoms with van der Waals surface area (Å²) in [5.74, 6) is -0.486. The molecule has 0 fully saturated rings. The van der Waals surface area contributed by atoms with Crippen molar-refractivity contribution in [1.82, 2.24) is 20.9 Å². The lowest BCUT2D eigenvalue weighted by Crippen LogP contribution is -2.62. The number of amides is 3. The highest BCUT2D eigenvalue weighted by Gasteiger charge is 2.36. The van der Waals surface area contributed by atoms with Crippen molar-refractivity contribution < 1.29 is 34.4 Å². The molecule has 244 valence electrons. The number of hydrogen-bond donors (Lipinski definition) is 5. The zero-order chi connectivity index (χ0) is 33.1. The van der Waals surface area contributed by atoms with E-state index in [9.17, 15) is 29.7 Å². The minimum Gasteiger partial charge on any atom is -0.530 e. The Morgan fingerprint density at radius 1 is 0.818 bits per heavy atom. The smallest absolute Gasteiger partial charge is 0.407 e. The molecule has 3 amide bonds. The van der Waals surface area contributed by atoms with E-state index >= 15 is 0 Å². The van der Waals surface area contributed by atoms with Gasteiger partial charge in [0.25, 0.3) is 0 Å². The first-order chi connectivity index (χ1) is 20.5. The zero-order valence-electron chi connectivity index (χ0n) is 26.9. The third kappa shape index (κ3) is 11.4. The molecule has 0 aromatic heterocycles. The average molecular weight is 614 g/mol. The van der Waals surface area contributed by atoms with Gasteiger partial charge in [0.1, 0.15) is 12.1 Å². The van der Waals surface area contributed by atoms with Crippen LogP contribution in [0.5, 0.6) is 0 Å². The van der Waals surface area contributed by atoms with E-state index in [-0.39, 0.29) is 19.5 Å². The molecule has 0 saturated carbocycles. The Balaban J connectivity index is 2.21. The van der Waals surface area contributed by atoms with Gasteiger partial charge in [0, 0.05) is 18.6 Å². The van der Waals surface area contributed by atoms with Crippen LogP contribution in [0.4, 0.5) is 9.59 Å². The number of benzene rings is 2. The summed E-state index contributed by atoms with van der Waals surface area (Å²) in [5, 5.41) is 43.2. The molecule has 11 heteroatoms. The summed E-state index contributed by atoms with van der Waals surface area (Å²) in [6.07, 6.45) is -3.83. The molecule has 0 aliphatic carbocycles. The second-order valence-corrected chi connectivity index (χ2v) is 13.1. The Hall–Kier alpha value is -3.67. The van der Waals surface area contributed by atoms with Crippen molar-refractivity contribution in [3.63, 3.8) is 0 Å². The van der Waals surface area contributed by atoms with Gasteiger partial charge in [-0.3, -0.25) is 4.79 Å². The first kappa shape index (κ1) is 36.5. The largest absolute Gasteiger partial charge is 0.530 e. The molecule has 11 nitrogen and oxygen atoms in total. The van der Waals surface area contributed by atoms with Crippen LogP contribution in [0.3, 0.4) is 0 Å². The Labute approximate surface area is 261 Å². The maximum absolute atomic E-state index is 13.4. The van der Waals surface area contributed by atoms with Crippen LogP contribution in [-0.4, -0.2) is 89.3 Å². The first-order valence-electron chi connectivity index (χ1n) is 14.8. The summed E-state index contributed by atoms with van der Waals surface area (Å²) in [5.41, 5.74) is 0.231. The molecule has 0 bridgehead atoms. The molecule has 0 unspecified atom stereocenters. The molecule has 5 atom stereocenters. The van der Waals surface area contributed by atoms with Gasteiger partial charge >= 0.3 is 6.09 Å². The van der Waals surface area contributed by atoms with Crippen LogP contribution < -0.4 is 21.1 Å². The minimum absolute atomic E-state index is 0.0155. The van der Waals surface area contributed by atoms with Gasteiger partial charge in [-0.1, -0.05) is 81.4 Å². The van der Waals surface area contributed by atoms with Crippen LogP contribution in [0.25, 0.3) is 0 Å². The summed E-state index contributed by atoms with van der Waals surface area (Å²) >= 11 is 0. The molecule has 0 aliphatic heterocycles. The topological polar surface area (TPSA) is 163 Å². The van der Waals surface area contributed by atoms with Crippen molar-refractivity contribution in [2.24, 2.45) is 5.41 Å².